The highest BCUT2D eigenvalue weighted by Gasteiger charge is 2.38. The van der Waals surface area contributed by atoms with Gasteiger partial charge in [0.25, 0.3) is 5.92 Å². The zero-order chi connectivity index (χ0) is 20.1. The second-order valence-electron chi connectivity index (χ2n) is 6.40. The largest absolute Gasteiger partial charge is 0.434 e. The lowest BCUT2D eigenvalue weighted by Crippen LogP contribution is -2.51. The van der Waals surface area contributed by atoms with Crippen molar-refractivity contribution in [1.29, 1.82) is 0 Å². The summed E-state index contributed by atoms with van der Waals surface area (Å²) in [4.78, 5) is 7.79. The van der Waals surface area contributed by atoms with Gasteiger partial charge in [0.05, 0.1) is 31.1 Å². The molecule has 0 radical (unpaired) electrons. The molecule has 1 aromatic rings. The molecule has 1 aliphatic rings. The Bertz CT molecular complexity index is 571. The van der Waals surface area contributed by atoms with Gasteiger partial charge in [-0.25, -0.2) is 13.8 Å². The van der Waals surface area contributed by atoms with Gasteiger partial charge in [-0.3, -0.25) is 9.88 Å². The molecule has 6 nitrogen and oxygen atoms in total. The summed E-state index contributed by atoms with van der Waals surface area (Å²) in [6.45, 7) is 3.17. The van der Waals surface area contributed by atoms with Crippen LogP contribution in [0.3, 0.4) is 0 Å². The molecule has 150 valence electrons. The highest BCUT2D eigenvalue weighted by molar-refractivity contribution is 5.24. The fourth-order valence-corrected chi connectivity index (χ4v) is 2.13. The van der Waals surface area contributed by atoms with E-state index in [9.17, 15) is 32.2 Å². The van der Waals surface area contributed by atoms with Gasteiger partial charge in [-0.1, -0.05) is 13.8 Å². The van der Waals surface area contributed by atoms with Crippen molar-refractivity contribution in [2.45, 2.75) is 44.6 Å². The number of hydrogen-bond donors (Lipinski definition) is 3. The van der Waals surface area contributed by atoms with Crippen LogP contribution in [0.15, 0.2) is 12.4 Å². The molecule has 0 aromatic carbocycles. The first-order valence-electron chi connectivity index (χ1n) is 7.94. The smallest absolute Gasteiger partial charge is 0.390 e. The highest BCUT2D eigenvalue weighted by Crippen LogP contribution is 2.27. The summed E-state index contributed by atoms with van der Waals surface area (Å²) in [5.41, 5.74) is 3.91. The van der Waals surface area contributed by atoms with E-state index in [0.717, 1.165) is 6.20 Å². The molecule has 0 spiro atoms. The number of β-amino-alcohol motifs (C(OH)–C–C–N with tert-alkyl or cyclic N) is 1. The number of hydrogen-bond acceptors (Lipinski definition) is 6. The first-order valence-corrected chi connectivity index (χ1v) is 7.94. The van der Waals surface area contributed by atoms with Gasteiger partial charge in [0.15, 0.2) is 5.69 Å². The van der Waals surface area contributed by atoms with E-state index >= 15 is 0 Å². The quantitative estimate of drug-likeness (QED) is 0.686. The lowest BCUT2D eigenvalue weighted by atomic mass is 10.0. The van der Waals surface area contributed by atoms with Crippen LogP contribution in [0, 0.1) is 5.92 Å². The Morgan fingerprint density at radius 1 is 1.19 bits per heavy atom. The van der Waals surface area contributed by atoms with Gasteiger partial charge in [-0.05, 0) is 6.42 Å². The Labute approximate surface area is 147 Å². The second kappa shape index (κ2) is 8.87. The molecule has 1 aromatic heterocycles. The number of aliphatic hydroxyl groups excluding tert-OH is 2. The van der Waals surface area contributed by atoms with Crippen molar-refractivity contribution in [3.63, 3.8) is 0 Å². The third-order valence-corrected chi connectivity index (χ3v) is 3.85. The topological polar surface area (TPSA) is 95.5 Å². The van der Waals surface area contributed by atoms with Crippen LogP contribution in [0.4, 0.5) is 27.8 Å². The average Bonchev–Trinajstić information content (AvgIpc) is 2.50. The van der Waals surface area contributed by atoms with Crippen LogP contribution in [0.2, 0.25) is 0 Å². The van der Waals surface area contributed by atoms with E-state index in [-0.39, 0.29) is 18.9 Å². The molecule has 2 unspecified atom stereocenters. The summed E-state index contributed by atoms with van der Waals surface area (Å²) in [5, 5.41) is 18.6. The molecule has 1 fully saturated rings. The van der Waals surface area contributed by atoms with E-state index in [1.54, 1.807) is 0 Å². The van der Waals surface area contributed by atoms with Crippen LogP contribution in [0.5, 0.6) is 0 Å². The fraction of sp³-hybridized carbons (Fsp3) is 0.733. The number of nitrogens with zero attached hydrogens (tertiary/aromatic N) is 3. The van der Waals surface area contributed by atoms with Crippen LogP contribution in [-0.2, 0) is 6.18 Å². The van der Waals surface area contributed by atoms with Gasteiger partial charge < -0.3 is 15.9 Å². The zero-order valence-electron chi connectivity index (χ0n) is 14.4. The molecular formula is C15H23F5N4O2. The van der Waals surface area contributed by atoms with E-state index in [4.69, 9.17) is 5.73 Å². The van der Waals surface area contributed by atoms with Crippen LogP contribution in [0.25, 0.3) is 0 Å². The van der Waals surface area contributed by atoms with Gasteiger partial charge in [0, 0.05) is 19.0 Å². The number of nitrogens with two attached hydrogens (primary N) is 1. The maximum absolute atomic E-state index is 13.4. The molecule has 0 amide bonds. The summed E-state index contributed by atoms with van der Waals surface area (Å²) < 4.78 is 62.2. The van der Waals surface area contributed by atoms with Crippen LogP contribution >= 0.6 is 0 Å². The number of aromatic nitrogens is 2. The van der Waals surface area contributed by atoms with E-state index < -0.39 is 35.9 Å². The minimum Gasteiger partial charge on any atom is -0.390 e. The van der Waals surface area contributed by atoms with Gasteiger partial charge in [-0.2, -0.15) is 13.2 Å². The number of aliphatic hydroxyl groups is 2. The lowest BCUT2D eigenvalue weighted by Gasteiger charge is -2.36. The molecular weight excluding hydrogens is 363 g/mol. The number of halogens is 5. The Balaban J connectivity index is 0.000000273. The summed E-state index contributed by atoms with van der Waals surface area (Å²) in [6.07, 6.45) is -4.11. The van der Waals surface area contributed by atoms with Gasteiger partial charge in [-0.15, -0.1) is 0 Å². The summed E-state index contributed by atoms with van der Waals surface area (Å²) >= 11 is 0. The van der Waals surface area contributed by atoms with Gasteiger partial charge in [0.1, 0.15) is 5.82 Å². The number of likely N-dealkylation sites (tertiary alicyclic amines) is 1. The SMILES string of the molecule is CC(C)C(F)(F)CN1CCC(O)C(O)C1.Nc1cncc(C(F)(F)F)n1. The second-order valence-corrected chi connectivity index (χ2v) is 6.40. The molecule has 11 heteroatoms. The first kappa shape index (κ1) is 22.5. The summed E-state index contributed by atoms with van der Waals surface area (Å²) in [5.74, 6) is -3.68. The highest BCUT2D eigenvalue weighted by atomic mass is 19.4. The summed E-state index contributed by atoms with van der Waals surface area (Å²) in [7, 11) is 0. The molecule has 1 saturated heterocycles. The minimum atomic E-state index is -4.47. The summed E-state index contributed by atoms with van der Waals surface area (Å²) in [6, 6.07) is 0. The van der Waals surface area contributed by atoms with Crippen molar-refractivity contribution in [2.24, 2.45) is 5.92 Å². The number of rotatable bonds is 3. The van der Waals surface area contributed by atoms with Crippen molar-refractivity contribution in [3.05, 3.63) is 18.1 Å². The minimum absolute atomic E-state index is 0.128. The number of anilines is 1. The van der Waals surface area contributed by atoms with Crippen molar-refractivity contribution < 1.29 is 32.2 Å². The van der Waals surface area contributed by atoms with Crippen molar-refractivity contribution in [1.82, 2.24) is 14.9 Å². The fourth-order valence-electron chi connectivity index (χ4n) is 2.13. The molecule has 4 N–H and O–H groups in total. The predicted octanol–water partition coefficient (Wildman–Crippen LogP) is 1.78. The average molecular weight is 386 g/mol. The number of nitrogen functional groups attached to an aromatic ring is 1. The van der Waals surface area contributed by atoms with Crippen LogP contribution in [-0.4, -0.2) is 62.8 Å². The maximum atomic E-state index is 13.4. The van der Waals surface area contributed by atoms with Gasteiger partial charge >= 0.3 is 6.18 Å². The van der Waals surface area contributed by atoms with Gasteiger partial charge in [0.2, 0.25) is 0 Å². The van der Waals surface area contributed by atoms with Crippen LogP contribution in [0.1, 0.15) is 26.0 Å². The maximum Gasteiger partial charge on any atom is 0.434 e. The van der Waals surface area contributed by atoms with Crippen LogP contribution < -0.4 is 5.73 Å². The molecule has 0 aliphatic carbocycles. The monoisotopic (exact) mass is 386 g/mol. The number of alkyl halides is 5. The van der Waals surface area contributed by atoms with E-state index in [1.165, 1.54) is 18.7 Å². The molecule has 2 rings (SSSR count). The van der Waals surface area contributed by atoms with E-state index in [2.05, 4.69) is 9.97 Å². The van der Waals surface area contributed by atoms with Crippen molar-refractivity contribution >= 4 is 5.82 Å². The Kier molecular flexibility index (Phi) is 7.66. The van der Waals surface area contributed by atoms with Crippen molar-refractivity contribution in [2.75, 3.05) is 25.4 Å². The number of piperidine rings is 1. The lowest BCUT2D eigenvalue weighted by molar-refractivity contribution is -0.141. The van der Waals surface area contributed by atoms with E-state index in [0.29, 0.717) is 19.2 Å². The Morgan fingerprint density at radius 3 is 2.23 bits per heavy atom. The molecule has 2 heterocycles. The van der Waals surface area contributed by atoms with Crippen molar-refractivity contribution in [3.8, 4) is 0 Å². The molecule has 26 heavy (non-hydrogen) atoms. The third-order valence-electron chi connectivity index (χ3n) is 3.85. The Morgan fingerprint density at radius 2 is 1.81 bits per heavy atom. The first-order chi connectivity index (χ1) is 11.8. The standard InChI is InChI=1S/C10H19F2NO2.C5H4F3N3/c1-7(2)10(11,12)6-13-4-3-8(14)9(15)5-13;6-5(7,8)3-1-10-2-4(9)11-3/h7-9,14-15H,3-6H2,1-2H3;1-2H,(H2,9,11). The Hall–Kier alpha value is -1.59. The van der Waals surface area contributed by atoms with E-state index in [1.807, 2.05) is 0 Å². The zero-order valence-corrected chi connectivity index (χ0v) is 14.4. The molecule has 2 atom stereocenters. The molecule has 0 bridgehead atoms. The third kappa shape index (κ3) is 6.96. The normalized spacial score (nSPS) is 22.1. The molecule has 1 aliphatic heterocycles. The molecule has 0 saturated carbocycles. The predicted molar refractivity (Wildman–Crippen MR) is 84.3 cm³/mol.